The van der Waals surface area contributed by atoms with Gasteiger partial charge in [-0.3, -0.25) is 0 Å². The zero-order valence-electron chi connectivity index (χ0n) is 17.1. The summed E-state index contributed by atoms with van der Waals surface area (Å²) in [6.07, 6.45) is 0. The number of carbonyl (C=O) groups excluding carboxylic acids is 1. The Kier molecular flexibility index (Phi) is 5.79. The van der Waals surface area contributed by atoms with Gasteiger partial charge in [0.15, 0.2) is 11.0 Å². The molecule has 1 aliphatic heterocycles. The smallest absolute Gasteiger partial charge is 0.335 e. The van der Waals surface area contributed by atoms with E-state index >= 15 is 0 Å². The standard InChI is InChI=1S/C22H18F2N4O3S/c1-3-32-21-26-17(13-9-12(20(29)30)8-7-11(13)2)14-10-25-22(31)28(19(14)27-21)18-15(23)5-4-6-16(18)24/h4-9H,3,10H2,1-2H3,(H,25,31)(H,29,30). The first-order valence-electron chi connectivity index (χ1n) is 9.71. The van der Waals surface area contributed by atoms with Crippen molar-refractivity contribution in [3.8, 4) is 11.3 Å². The zero-order chi connectivity index (χ0) is 23.0. The largest absolute Gasteiger partial charge is 0.478 e. The number of fused-ring (bicyclic) bond motifs is 1. The summed E-state index contributed by atoms with van der Waals surface area (Å²) < 4.78 is 29.2. The number of para-hydroxylation sites is 1. The lowest BCUT2D eigenvalue weighted by Crippen LogP contribution is -2.43. The van der Waals surface area contributed by atoms with Crippen LogP contribution in [0.4, 0.5) is 25.1 Å². The summed E-state index contributed by atoms with van der Waals surface area (Å²) in [6, 6.07) is 7.24. The number of anilines is 2. The molecule has 4 rings (SSSR count). The molecule has 3 aromatic rings. The summed E-state index contributed by atoms with van der Waals surface area (Å²) in [7, 11) is 0. The van der Waals surface area contributed by atoms with Crippen molar-refractivity contribution in [2.24, 2.45) is 0 Å². The second kappa shape index (κ2) is 8.54. The molecular formula is C22H18F2N4O3S. The van der Waals surface area contributed by atoms with Crippen molar-refractivity contribution in [3.63, 3.8) is 0 Å². The van der Waals surface area contributed by atoms with E-state index in [0.29, 0.717) is 27.7 Å². The molecule has 0 fully saturated rings. The molecule has 2 heterocycles. The molecule has 0 saturated heterocycles. The molecule has 10 heteroatoms. The number of carboxylic acid groups (broad SMARTS) is 1. The minimum atomic E-state index is -1.10. The number of aryl methyl sites for hydroxylation is 1. The fraction of sp³-hybridized carbons (Fsp3) is 0.182. The van der Waals surface area contributed by atoms with Crippen LogP contribution in [0.15, 0.2) is 41.6 Å². The Bertz CT molecular complexity index is 1230. The Labute approximate surface area is 186 Å². The molecule has 0 atom stereocenters. The Hall–Kier alpha value is -3.53. The number of nitrogens with one attached hydrogen (secondary N) is 1. The molecule has 0 spiro atoms. The lowest BCUT2D eigenvalue weighted by Gasteiger charge is -2.30. The van der Waals surface area contributed by atoms with Crippen LogP contribution in [0.25, 0.3) is 11.3 Å². The van der Waals surface area contributed by atoms with E-state index < -0.39 is 29.3 Å². The molecule has 2 amide bonds. The van der Waals surface area contributed by atoms with Crippen LogP contribution in [0, 0.1) is 18.6 Å². The first kappa shape index (κ1) is 21.7. The van der Waals surface area contributed by atoms with Crippen LogP contribution in [-0.2, 0) is 6.54 Å². The lowest BCUT2D eigenvalue weighted by atomic mass is 9.98. The normalized spacial score (nSPS) is 13.0. The van der Waals surface area contributed by atoms with Gasteiger partial charge < -0.3 is 10.4 Å². The highest BCUT2D eigenvalue weighted by Gasteiger charge is 2.34. The summed E-state index contributed by atoms with van der Waals surface area (Å²) in [6.45, 7) is 3.71. The Balaban J connectivity index is 2.01. The summed E-state index contributed by atoms with van der Waals surface area (Å²) in [5.41, 5.74) is 1.64. The van der Waals surface area contributed by atoms with Crippen LogP contribution >= 0.6 is 11.8 Å². The first-order chi connectivity index (χ1) is 15.3. The third kappa shape index (κ3) is 3.77. The molecule has 2 N–H and O–H groups in total. The highest BCUT2D eigenvalue weighted by atomic mass is 32.2. The number of amides is 2. The molecule has 164 valence electrons. The van der Waals surface area contributed by atoms with Gasteiger partial charge in [-0.2, -0.15) is 0 Å². The van der Waals surface area contributed by atoms with E-state index in [1.54, 1.807) is 13.0 Å². The Morgan fingerprint density at radius 1 is 1.22 bits per heavy atom. The number of aromatic nitrogens is 2. The monoisotopic (exact) mass is 456 g/mol. The van der Waals surface area contributed by atoms with E-state index in [2.05, 4.69) is 15.3 Å². The van der Waals surface area contributed by atoms with Crippen LogP contribution in [0.3, 0.4) is 0 Å². The molecular weight excluding hydrogens is 438 g/mol. The molecule has 2 aromatic carbocycles. The third-order valence-corrected chi connectivity index (χ3v) is 5.70. The van der Waals surface area contributed by atoms with Crippen molar-refractivity contribution >= 4 is 35.3 Å². The van der Waals surface area contributed by atoms with Crippen molar-refractivity contribution in [1.29, 1.82) is 0 Å². The van der Waals surface area contributed by atoms with Crippen molar-refractivity contribution in [1.82, 2.24) is 15.3 Å². The lowest BCUT2D eigenvalue weighted by molar-refractivity contribution is 0.0697. The summed E-state index contributed by atoms with van der Waals surface area (Å²) in [5, 5.41) is 12.3. The number of carbonyl (C=O) groups is 2. The van der Waals surface area contributed by atoms with Crippen molar-refractivity contribution in [3.05, 3.63) is 64.7 Å². The number of carboxylic acids is 1. The van der Waals surface area contributed by atoms with E-state index in [4.69, 9.17) is 0 Å². The average molecular weight is 456 g/mol. The minimum Gasteiger partial charge on any atom is -0.478 e. The highest BCUT2D eigenvalue weighted by molar-refractivity contribution is 7.99. The maximum atomic E-state index is 14.6. The van der Waals surface area contributed by atoms with Crippen molar-refractivity contribution in [2.45, 2.75) is 25.5 Å². The van der Waals surface area contributed by atoms with Gasteiger partial charge in [0.25, 0.3) is 0 Å². The maximum absolute atomic E-state index is 14.6. The van der Waals surface area contributed by atoms with Crippen LogP contribution < -0.4 is 10.2 Å². The number of thioether (sulfide) groups is 1. The van der Waals surface area contributed by atoms with E-state index in [1.165, 1.54) is 30.0 Å². The van der Waals surface area contributed by atoms with E-state index in [9.17, 15) is 23.5 Å². The highest BCUT2D eigenvalue weighted by Crippen LogP contribution is 2.39. The number of halogens is 2. The zero-order valence-corrected chi connectivity index (χ0v) is 18.0. The second-order valence-electron chi connectivity index (χ2n) is 6.99. The topological polar surface area (TPSA) is 95.4 Å². The first-order valence-corrected chi connectivity index (χ1v) is 10.7. The quantitative estimate of drug-likeness (QED) is 0.419. The van der Waals surface area contributed by atoms with Crippen molar-refractivity contribution in [2.75, 3.05) is 10.7 Å². The molecule has 1 aromatic heterocycles. The summed E-state index contributed by atoms with van der Waals surface area (Å²) in [5.74, 6) is -2.25. The molecule has 7 nitrogen and oxygen atoms in total. The van der Waals surface area contributed by atoms with Crippen LogP contribution in [0.2, 0.25) is 0 Å². The number of hydrogen-bond acceptors (Lipinski definition) is 5. The number of nitrogens with zero attached hydrogens (tertiary/aromatic N) is 3. The molecule has 0 unspecified atom stereocenters. The van der Waals surface area contributed by atoms with Gasteiger partial charge in [0.2, 0.25) is 0 Å². The summed E-state index contributed by atoms with van der Waals surface area (Å²) in [4.78, 5) is 34.1. The van der Waals surface area contributed by atoms with Gasteiger partial charge in [0, 0.05) is 11.1 Å². The molecule has 0 bridgehead atoms. The van der Waals surface area contributed by atoms with E-state index in [-0.39, 0.29) is 17.9 Å². The van der Waals surface area contributed by atoms with Gasteiger partial charge in [-0.1, -0.05) is 30.8 Å². The van der Waals surface area contributed by atoms with Gasteiger partial charge in [0.1, 0.15) is 17.3 Å². The number of hydrogen-bond donors (Lipinski definition) is 2. The number of aromatic carboxylic acids is 1. The fourth-order valence-electron chi connectivity index (χ4n) is 3.48. The number of urea groups is 1. The third-order valence-electron chi connectivity index (χ3n) is 4.97. The molecule has 0 radical (unpaired) electrons. The van der Waals surface area contributed by atoms with Gasteiger partial charge in [-0.05, 0) is 42.5 Å². The van der Waals surface area contributed by atoms with Gasteiger partial charge in [-0.15, -0.1) is 0 Å². The van der Waals surface area contributed by atoms with Crippen LogP contribution in [0.5, 0.6) is 0 Å². The minimum absolute atomic E-state index is 0.0177. The van der Waals surface area contributed by atoms with E-state index in [1.807, 2.05) is 6.92 Å². The fourth-order valence-corrected chi connectivity index (χ4v) is 4.04. The molecule has 0 saturated carbocycles. The van der Waals surface area contributed by atoms with Gasteiger partial charge in [-0.25, -0.2) is 33.2 Å². The number of rotatable bonds is 5. The SMILES string of the molecule is CCSc1nc(-c2cc(C(=O)O)ccc2C)c2c(n1)N(c1c(F)cccc1F)C(=O)NC2. The van der Waals surface area contributed by atoms with Crippen LogP contribution in [-0.4, -0.2) is 32.8 Å². The molecule has 0 aliphatic carbocycles. The number of benzene rings is 2. The van der Waals surface area contributed by atoms with E-state index in [0.717, 1.165) is 22.6 Å². The van der Waals surface area contributed by atoms with Crippen LogP contribution in [0.1, 0.15) is 28.4 Å². The second-order valence-corrected chi connectivity index (χ2v) is 8.22. The molecule has 32 heavy (non-hydrogen) atoms. The van der Waals surface area contributed by atoms with Crippen molar-refractivity contribution < 1.29 is 23.5 Å². The maximum Gasteiger partial charge on any atom is 0.335 e. The summed E-state index contributed by atoms with van der Waals surface area (Å²) >= 11 is 1.30. The van der Waals surface area contributed by atoms with Gasteiger partial charge >= 0.3 is 12.0 Å². The molecule has 1 aliphatic rings. The predicted molar refractivity (Wildman–Crippen MR) is 116 cm³/mol. The van der Waals surface area contributed by atoms with Gasteiger partial charge in [0.05, 0.1) is 17.8 Å². The Morgan fingerprint density at radius 2 is 1.94 bits per heavy atom. The predicted octanol–water partition coefficient (Wildman–Crippen LogP) is 4.90. The Morgan fingerprint density at radius 3 is 2.59 bits per heavy atom. The average Bonchev–Trinajstić information content (AvgIpc) is 2.75.